The van der Waals surface area contributed by atoms with Crippen molar-refractivity contribution in [2.24, 2.45) is 0 Å². The van der Waals surface area contributed by atoms with Crippen molar-refractivity contribution in [2.75, 3.05) is 13.2 Å². The molecule has 0 heterocycles. The van der Waals surface area contributed by atoms with Crippen LogP contribution in [0.25, 0.3) is 0 Å². The Morgan fingerprint density at radius 1 is 1.19 bits per heavy atom. The van der Waals surface area contributed by atoms with Crippen molar-refractivity contribution in [3.05, 3.63) is 35.4 Å². The van der Waals surface area contributed by atoms with Crippen molar-refractivity contribution in [3.63, 3.8) is 0 Å². The summed E-state index contributed by atoms with van der Waals surface area (Å²) in [5.74, 6) is 0. The van der Waals surface area contributed by atoms with Crippen LogP contribution in [0.5, 0.6) is 0 Å². The zero-order valence-corrected chi connectivity index (χ0v) is 10.8. The lowest BCUT2D eigenvalue weighted by Crippen LogP contribution is -1.99. The van der Waals surface area contributed by atoms with Gasteiger partial charge in [0.2, 0.25) is 0 Å². The van der Waals surface area contributed by atoms with Crippen LogP contribution in [0, 0.1) is 6.92 Å². The number of aryl methyl sites for hydroxylation is 1. The molecule has 0 aliphatic heterocycles. The molecule has 1 aromatic carbocycles. The average Bonchev–Trinajstić information content (AvgIpc) is 2.30. The van der Waals surface area contributed by atoms with Crippen LogP contribution in [0.1, 0.15) is 27.7 Å². The van der Waals surface area contributed by atoms with Gasteiger partial charge in [0.15, 0.2) is 0 Å². The SMILES string of the molecule is [2H]C([2H])(c1ccc(C)cc1)P(=O)(OCC)OCC. The molecule has 0 radical (unpaired) electrons. The average molecular weight is 244 g/mol. The molecule has 90 valence electrons. The van der Waals surface area contributed by atoms with Crippen molar-refractivity contribution in [2.45, 2.75) is 26.9 Å². The van der Waals surface area contributed by atoms with Gasteiger partial charge in [-0.1, -0.05) is 29.8 Å². The van der Waals surface area contributed by atoms with Gasteiger partial charge >= 0.3 is 7.60 Å². The molecule has 0 atom stereocenters. The molecular weight excluding hydrogens is 223 g/mol. The van der Waals surface area contributed by atoms with E-state index in [0.29, 0.717) is 5.56 Å². The number of hydrogen-bond donors (Lipinski definition) is 0. The molecule has 0 N–H and O–H groups in total. The third-order valence-electron chi connectivity index (χ3n) is 1.92. The molecule has 1 aromatic rings. The van der Waals surface area contributed by atoms with Gasteiger partial charge in [0, 0.05) is 2.74 Å². The smallest absolute Gasteiger partial charge is 0.309 e. The van der Waals surface area contributed by atoms with Gasteiger partial charge in [0.05, 0.1) is 19.3 Å². The molecule has 0 aliphatic carbocycles. The molecule has 3 nitrogen and oxygen atoms in total. The molecular formula is C12H19O3P. The molecule has 0 spiro atoms. The normalized spacial score (nSPS) is 14.4. The monoisotopic (exact) mass is 244 g/mol. The first-order valence-electron chi connectivity index (χ1n) is 6.33. The molecule has 0 aromatic heterocycles. The third-order valence-corrected chi connectivity index (χ3v) is 3.64. The van der Waals surface area contributed by atoms with Crippen LogP contribution >= 0.6 is 7.60 Å². The zero-order chi connectivity index (χ0) is 13.8. The predicted octanol–water partition coefficient (Wildman–Crippen LogP) is 3.76. The summed E-state index contributed by atoms with van der Waals surface area (Å²) < 4.78 is 38.8. The van der Waals surface area contributed by atoms with Crippen LogP contribution < -0.4 is 0 Å². The van der Waals surface area contributed by atoms with Gasteiger partial charge in [-0.2, -0.15) is 0 Å². The lowest BCUT2D eigenvalue weighted by Gasteiger charge is -2.16. The topological polar surface area (TPSA) is 35.5 Å². The van der Waals surface area contributed by atoms with Crippen molar-refractivity contribution in [3.8, 4) is 0 Å². The van der Waals surface area contributed by atoms with Crippen molar-refractivity contribution in [1.29, 1.82) is 0 Å². The summed E-state index contributed by atoms with van der Waals surface area (Å²) >= 11 is 0. The van der Waals surface area contributed by atoms with Gasteiger partial charge in [-0.15, -0.1) is 0 Å². The van der Waals surface area contributed by atoms with Crippen LogP contribution in [0.4, 0.5) is 0 Å². The molecule has 0 saturated heterocycles. The van der Waals surface area contributed by atoms with E-state index in [0.717, 1.165) is 5.56 Å². The van der Waals surface area contributed by atoms with E-state index >= 15 is 0 Å². The van der Waals surface area contributed by atoms with E-state index in [1.807, 2.05) is 6.92 Å². The predicted molar refractivity (Wildman–Crippen MR) is 65.7 cm³/mol. The Kier molecular flexibility index (Phi) is 4.07. The Bertz CT molecular complexity index is 421. The van der Waals surface area contributed by atoms with Gasteiger partial charge in [0.25, 0.3) is 0 Å². The first-order valence-corrected chi connectivity index (χ1v) is 6.88. The summed E-state index contributed by atoms with van der Waals surface area (Å²) in [6, 6.07) is 6.77. The number of rotatable bonds is 6. The third kappa shape index (κ3) is 4.09. The van der Waals surface area contributed by atoms with Gasteiger partial charge in [0.1, 0.15) is 0 Å². The second kappa shape index (κ2) is 6.19. The first-order chi connectivity index (χ1) is 8.37. The van der Waals surface area contributed by atoms with Crippen LogP contribution in [-0.2, 0) is 19.7 Å². The Labute approximate surface area is 100 Å². The molecule has 0 unspecified atom stereocenters. The molecule has 1 rings (SSSR count). The van der Waals surface area contributed by atoms with Crippen LogP contribution in [0.2, 0.25) is 0 Å². The minimum atomic E-state index is -3.83. The highest BCUT2D eigenvalue weighted by molar-refractivity contribution is 7.53. The zero-order valence-electron chi connectivity index (χ0n) is 11.9. The summed E-state index contributed by atoms with van der Waals surface area (Å²) in [5.41, 5.74) is 1.32. The van der Waals surface area contributed by atoms with E-state index in [-0.39, 0.29) is 13.2 Å². The highest BCUT2D eigenvalue weighted by Crippen LogP contribution is 2.51. The Balaban J connectivity index is 3.15. The number of benzene rings is 1. The lowest BCUT2D eigenvalue weighted by atomic mass is 10.2. The summed E-state index contributed by atoms with van der Waals surface area (Å²) in [6.45, 7) is 5.52. The van der Waals surface area contributed by atoms with Crippen molar-refractivity contribution in [1.82, 2.24) is 0 Å². The first kappa shape index (κ1) is 10.5. The quantitative estimate of drug-likeness (QED) is 0.715. The second-order valence-corrected chi connectivity index (χ2v) is 5.05. The highest BCUT2D eigenvalue weighted by atomic mass is 31.2. The fourth-order valence-corrected chi connectivity index (χ4v) is 2.58. The highest BCUT2D eigenvalue weighted by Gasteiger charge is 2.23. The maximum atomic E-state index is 12.5. The van der Waals surface area contributed by atoms with Gasteiger partial charge in [-0.05, 0) is 26.3 Å². The van der Waals surface area contributed by atoms with E-state index in [1.165, 1.54) is 0 Å². The maximum absolute atomic E-state index is 12.5. The van der Waals surface area contributed by atoms with E-state index in [1.54, 1.807) is 38.1 Å². The summed E-state index contributed by atoms with van der Waals surface area (Å²) in [6.07, 6.45) is -2.15. The number of hydrogen-bond acceptors (Lipinski definition) is 3. The van der Waals surface area contributed by atoms with E-state index in [4.69, 9.17) is 11.8 Å². The van der Waals surface area contributed by atoms with Crippen molar-refractivity contribution >= 4 is 7.60 Å². The van der Waals surface area contributed by atoms with Gasteiger partial charge in [-0.25, -0.2) is 0 Å². The standard InChI is InChI=1S/C12H19O3P/c1-4-14-16(13,15-5-2)10-12-8-6-11(3)7-9-12/h6-9H,4-5,10H2,1-3H3/i10D2. The van der Waals surface area contributed by atoms with Crippen LogP contribution in [0.15, 0.2) is 24.3 Å². The molecule has 0 aliphatic rings. The Hall–Kier alpha value is -0.630. The van der Waals surface area contributed by atoms with Gasteiger partial charge in [-0.3, -0.25) is 4.57 Å². The minimum Gasteiger partial charge on any atom is -0.309 e. The molecule has 0 amide bonds. The van der Waals surface area contributed by atoms with Gasteiger partial charge < -0.3 is 9.05 Å². The summed E-state index contributed by atoms with van der Waals surface area (Å²) in [5, 5.41) is 0. The molecule has 16 heavy (non-hydrogen) atoms. The second-order valence-electron chi connectivity index (χ2n) is 3.31. The maximum Gasteiger partial charge on any atom is 0.335 e. The molecule has 0 saturated carbocycles. The molecule has 4 heteroatoms. The Morgan fingerprint density at radius 2 is 1.69 bits per heavy atom. The fraction of sp³-hybridized carbons (Fsp3) is 0.500. The minimum absolute atomic E-state index is 0.142. The largest absolute Gasteiger partial charge is 0.335 e. The van der Waals surface area contributed by atoms with E-state index in [9.17, 15) is 4.57 Å². The lowest BCUT2D eigenvalue weighted by molar-refractivity contribution is 0.219. The molecule has 0 bridgehead atoms. The van der Waals surface area contributed by atoms with E-state index in [2.05, 4.69) is 0 Å². The fourth-order valence-electron chi connectivity index (χ4n) is 1.23. The summed E-state index contributed by atoms with van der Waals surface area (Å²) in [4.78, 5) is 0. The van der Waals surface area contributed by atoms with Crippen LogP contribution in [0.3, 0.4) is 0 Å². The van der Waals surface area contributed by atoms with E-state index < -0.39 is 13.7 Å². The molecule has 0 fully saturated rings. The van der Waals surface area contributed by atoms with Crippen LogP contribution in [-0.4, -0.2) is 13.2 Å². The summed E-state index contributed by atoms with van der Waals surface area (Å²) in [7, 11) is -3.83. The van der Waals surface area contributed by atoms with Crippen molar-refractivity contribution < 1.29 is 16.4 Å². The Morgan fingerprint density at radius 3 is 2.12 bits per heavy atom.